The monoisotopic (exact) mass is 730 g/mol. The summed E-state index contributed by atoms with van der Waals surface area (Å²) in [6, 6.07) is -10.1. The summed E-state index contributed by atoms with van der Waals surface area (Å²) in [4.78, 5) is 112. The number of rotatable bonds is 22. The number of aliphatic hydroxyl groups excluding tert-OH is 1. The van der Waals surface area contributed by atoms with Gasteiger partial charge in [-0.2, -0.15) is 0 Å². The van der Waals surface area contributed by atoms with Gasteiger partial charge in [0, 0.05) is 0 Å². The molecule has 13 N–H and O–H groups in total. The van der Waals surface area contributed by atoms with Crippen LogP contribution in [0.5, 0.6) is 0 Å². The lowest BCUT2D eigenvalue weighted by Gasteiger charge is -2.29. The van der Waals surface area contributed by atoms with Crippen LogP contribution in [0, 0.1) is 17.8 Å². The van der Waals surface area contributed by atoms with Crippen molar-refractivity contribution in [3.63, 3.8) is 0 Å². The van der Waals surface area contributed by atoms with E-state index in [1.165, 1.54) is 20.8 Å². The average molecular weight is 731 g/mol. The zero-order valence-electron chi connectivity index (χ0n) is 30.1. The van der Waals surface area contributed by atoms with Gasteiger partial charge >= 0.3 is 11.9 Å². The standard InChI is InChI=1S/C31H54N8O12/c1-12(2)9-17(27(46)38-23(14(5)6)29(48)37-19(31(50)51)11-21(42)43)35-26(45)18(10-20(32)41)36-30(49)24(16(8)40)39-25(44)15(7)34-28(47)22(33)13(3)4/h12-19,22-24,40H,9-11,33H2,1-8H3,(H2,32,41)(H,34,47)(H,35,45)(H,36,49)(H,37,48)(H,38,46)(H,39,44)(H,42,43)(H,50,51)/t15-,16+,17-,18-,19-,22-,23-,24-/m0/s1. The van der Waals surface area contributed by atoms with Gasteiger partial charge in [0.15, 0.2) is 0 Å². The molecule has 0 aliphatic heterocycles. The lowest BCUT2D eigenvalue weighted by atomic mass is 9.99. The Labute approximate surface area is 296 Å². The lowest BCUT2D eigenvalue weighted by molar-refractivity contribution is -0.147. The summed E-state index contributed by atoms with van der Waals surface area (Å²) in [5.74, 6) is -10.9. The van der Waals surface area contributed by atoms with Gasteiger partial charge in [-0.1, -0.05) is 41.5 Å². The molecule has 0 fully saturated rings. The highest BCUT2D eigenvalue weighted by molar-refractivity contribution is 5.98. The molecule has 20 nitrogen and oxygen atoms in total. The summed E-state index contributed by atoms with van der Waals surface area (Å²) in [5.41, 5.74) is 11.1. The SMILES string of the molecule is CC(C)C[C@H](NC(=O)[C@H](CC(N)=O)NC(=O)[C@@H](NC(=O)[C@H](C)NC(=O)[C@@H](N)C(C)C)[C@@H](C)O)C(=O)N[C@H](C(=O)N[C@@H](CC(=O)O)C(=O)O)C(C)C. The van der Waals surface area contributed by atoms with E-state index in [2.05, 4.69) is 31.9 Å². The van der Waals surface area contributed by atoms with Crippen molar-refractivity contribution in [1.82, 2.24) is 31.9 Å². The molecule has 0 aliphatic rings. The van der Waals surface area contributed by atoms with E-state index in [-0.39, 0.29) is 18.3 Å². The lowest BCUT2D eigenvalue weighted by Crippen LogP contribution is -2.62. The molecule has 20 heteroatoms. The van der Waals surface area contributed by atoms with E-state index in [0.717, 1.165) is 6.92 Å². The number of aliphatic carboxylic acids is 2. The third kappa shape index (κ3) is 16.6. The molecule has 51 heavy (non-hydrogen) atoms. The van der Waals surface area contributed by atoms with Gasteiger partial charge in [-0.3, -0.25) is 38.4 Å². The second-order valence-corrected chi connectivity index (χ2v) is 13.4. The smallest absolute Gasteiger partial charge is 0.326 e. The Morgan fingerprint density at radius 3 is 1.45 bits per heavy atom. The number of amides is 7. The fourth-order valence-corrected chi connectivity index (χ4v) is 4.43. The molecule has 0 bridgehead atoms. The molecule has 0 heterocycles. The number of nitrogens with two attached hydrogens (primary N) is 2. The highest BCUT2D eigenvalue weighted by Crippen LogP contribution is 2.10. The minimum Gasteiger partial charge on any atom is -0.481 e. The summed E-state index contributed by atoms with van der Waals surface area (Å²) in [6.45, 7) is 12.3. The van der Waals surface area contributed by atoms with Crippen LogP contribution >= 0.6 is 0 Å². The number of carbonyl (C=O) groups is 9. The number of carboxylic acids is 2. The molecule has 0 radical (unpaired) electrons. The van der Waals surface area contributed by atoms with Gasteiger partial charge in [0.1, 0.15) is 36.3 Å². The Morgan fingerprint density at radius 2 is 1.02 bits per heavy atom. The number of hydrogen-bond donors (Lipinski definition) is 11. The molecule has 0 aromatic heterocycles. The first-order valence-corrected chi connectivity index (χ1v) is 16.4. The molecule has 8 atom stereocenters. The zero-order valence-corrected chi connectivity index (χ0v) is 30.1. The van der Waals surface area contributed by atoms with Gasteiger partial charge < -0.3 is 58.7 Å². The van der Waals surface area contributed by atoms with E-state index < -0.39 is 120 Å². The fourth-order valence-electron chi connectivity index (χ4n) is 4.43. The van der Waals surface area contributed by atoms with E-state index in [9.17, 15) is 53.4 Å². The highest BCUT2D eigenvalue weighted by atomic mass is 16.4. The second kappa shape index (κ2) is 21.4. The molecule has 0 saturated carbocycles. The van der Waals surface area contributed by atoms with Crippen molar-refractivity contribution >= 4 is 53.3 Å². The van der Waals surface area contributed by atoms with Crippen LogP contribution in [0.25, 0.3) is 0 Å². The van der Waals surface area contributed by atoms with Gasteiger partial charge in [-0.25, -0.2) is 4.79 Å². The van der Waals surface area contributed by atoms with Gasteiger partial charge in [0.05, 0.1) is 25.0 Å². The molecule has 290 valence electrons. The minimum absolute atomic E-state index is 0.0194. The van der Waals surface area contributed by atoms with Crippen molar-refractivity contribution in [3.05, 3.63) is 0 Å². The van der Waals surface area contributed by atoms with Gasteiger partial charge in [0.2, 0.25) is 41.4 Å². The number of aliphatic hydroxyl groups is 1. The van der Waals surface area contributed by atoms with Crippen molar-refractivity contribution in [2.45, 2.75) is 123 Å². The predicted octanol–water partition coefficient (Wildman–Crippen LogP) is -3.58. The minimum atomic E-state index is -1.79. The maximum atomic E-state index is 13.4. The number of primary amides is 1. The molecule has 0 spiro atoms. The predicted molar refractivity (Wildman–Crippen MR) is 180 cm³/mol. The van der Waals surface area contributed by atoms with E-state index >= 15 is 0 Å². The molecule has 0 aromatic carbocycles. The summed E-state index contributed by atoms with van der Waals surface area (Å²) in [5, 5.41) is 42.4. The number of hydrogen-bond acceptors (Lipinski definition) is 11. The number of carbonyl (C=O) groups excluding carboxylic acids is 7. The molecule has 0 aromatic rings. The normalized spacial score (nSPS) is 15.9. The first-order valence-electron chi connectivity index (χ1n) is 16.4. The maximum absolute atomic E-state index is 13.4. The van der Waals surface area contributed by atoms with Crippen LogP contribution in [0.15, 0.2) is 0 Å². The van der Waals surface area contributed by atoms with E-state index in [1.807, 2.05) is 0 Å². The largest absolute Gasteiger partial charge is 0.481 e. The number of carboxylic acid groups (broad SMARTS) is 2. The van der Waals surface area contributed by atoms with Crippen LogP contribution in [0.4, 0.5) is 0 Å². The first-order chi connectivity index (χ1) is 23.4. The van der Waals surface area contributed by atoms with E-state index in [0.29, 0.717) is 0 Å². The van der Waals surface area contributed by atoms with Crippen molar-refractivity contribution in [2.24, 2.45) is 29.2 Å². The molecular weight excluding hydrogens is 676 g/mol. The van der Waals surface area contributed by atoms with Crippen LogP contribution in [0.1, 0.15) is 74.7 Å². The third-order valence-electron chi connectivity index (χ3n) is 7.45. The van der Waals surface area contributed by atoms with Gasteiger partial charge in [-0.05, 0) is 38.0 Å². The highest BCUT2D eigenvalue weighted by Gasteiger charge is 2.36. The van der Waals surface area contributed by atoms with Crippen LogP contribution in [0.2, 0.25) is 0 Å². The molecular formula is C31H54N8O12. The Bertz CT molecular complexity index is 1290. The third-order valence-corrected chi connectivity index (χ3v) is 7.45. The fraction of sp³-hybridized carbons (Fsp3) is 0.710. The Hall–Kier alpha value is -4.85. The maximum Gasteiger partial charge on any atom is 0.326 e. The second-order valence-electron chi connectivity index (χ2n) is 13.4. The summed E-state index contributed by atoms with van der Waals surface area (Å²) < 4.78 is 0. The molecule has 0 unspecified atom stereocenters. The van der Waals surface area contributed by atoms with Crippen molar-refractivity contribution in [3.8, 4) is 0 Å². The average Bonchev–Trinajstić information content (AvgIpc) is 2.99. The quantitative estimate of drug-likeness (QED) is 0.0514. The Balaban J connectivity index is 6.06. The van der Waals surface area contributed by atoms with E-state index in [1.54, 1.807) is 27.7 Å². The van der Waals surface area contributed by atoms with Crippen molar-refractivity contribution in [2.75, 3.05) is 0 Å². The molecule has 0 saturated heterocycles. The topological polar surface area (TPSA) is 339 Å². The molecule has 0 rings (SSSR count). The zero-order chi connectivity index (χ0) is 39.9. The van der Waals surface area contributed by atoms with Crippen LogP contribution < -0.4 is 43.4 Å². The summed E-state index contributed by atoms with van der Waals surface area (Å²) in [6.07, 6.45) is -3.26. The van der Waals surface area contributed by atoms with Crippen LogP contribution in [0.3, 0.4) is 0 Å². The van der Waals surface area contributed by atoms with Gasteiger partial charge in [0.25, 0.3) is 0 Å². The van der Waals surface area contributed by atoms with Gasteiger partial charge in [-0.15, -0.1) is 0 Å². The Morgan fingerprint density at radius 1 is 0.549 bits per heavy atom. The van der Waals surface area contributed by atoms with Crippen LogP contribution in [-0.2, 0) is 43.2 Å². The van der Waals surface area contributed by atoms with Crippen molar-refractivity contribution < 1.29 is 58.5 Å². The van der Waals surface area contributed by atoms with Crippen molar-refractivity contribution in [1.29, 1.82) is 0 Å². The first kappa shape index (κ1) is 46.1. The Kier molecular flexibility index (Phi) is 19.4. The number of nitrogens with one attached hydrogen (secondary N) is 6. The summed E-state index contributed by atoms with van der Waals surface area (Å²) >= 11 is 0. The summed E-state index contributed by atoms with van der Waals surface area (Å²) in [7, 11) is 0. The molecule has 0 aliphatic carbocycles. The molecule has 7 amide bonds. The van der Waals surface area contributed by atoms with E-state index in [4.69, 9.17) is 16.6 Å². The van der Waals surface area contributed by atoms with Crippen LogP contribution in [-0.4, -0.2) is 117 Å².